The second-order valence-corrected chi connectivity index (χ2v) is 3.69. The molecule has 0 spiro atoms. The van der Waals surface area contributed by atoms with Gasteiger partial charge in [0, 0.05) is 25.3 Å². The average molecular weight is 189 g/mol. The number of rotatable bonds is 2. The lowest BCUT2D eigenvalue weighted by atomic mass is 10.1. The van der Waals surface area contributed by atoms with Gasteiger partial charge >= 0.3 is 0 Å². The van der Waals surface area contributed by atoms with E-state index in [1.165, 1.54) is 24.1 Å². The molecule has 75 valence electrons. The summed E-state index contributed by atoms with van der Waals surface area (Å²) in [5, 5.41) is 0. The Bertz CT molecular complexity index is 290. The molecule has 2 nitrogen and oxygen atoms in total. The van der Waals surface area contributed by atoms with Crippen molar-refractivity contribution >= 4 is 5.69 Å². The van der Waals surface area contributed by atoms with E-state index in [2.05, 4.69) is 35.6 Å². The molecular formula is C12H17N2. The summed E-state index contributed by atoms with van der Waals surface area (Å²) in [6.45, 7) is 2.91. The van der Waals surface area contributed by atoms with E-state index in [-0.39, 0.29) is 0 Å². The number of hydrogen-bond donors (Lipinski definition) is 1. The molecule has 0 unspecified atom stereocenters. The Kier molecular flexibility index (Phi) is 3.04. The quantitative estimate of drug-likeness (QED) is 0.770. The highest BCUT2D eigenvalue weighted by atomic mass is 15.1. The number of anilines is 1. The van der Waals surface area contributed by atoms with Gasteiger partial charge in [-0.25, -0.2) is 0 Å². The van der Waals surface area contributed by atoms with E-state index in [0.717, 1.165) is 13.1 Å². The summed E-state index contributed by atoms with van der Waals surface area (Å²) in [4.78, 5) is 2.43. The van der Waals surface area contributed by atoms with Crippen LogP contribution in [0.25, 0.3) is 0 Å². The third-order valence-electron chi connectivity index (χ3n) is 2.76. The molecule has 1 heterocycles. The zero-order valence-corrected chi connectivity index (χ0v) is 8.45. The minimum atomic E-state index is 0.635. The molecule has 1 aliphatic heterocycles. The number of para-hydroxylation sites is 1. The van der Waals surface area contributed by atoms with E-state index in [4.69, 9.17) is 5.73 Å². The van der Waals surface area contributed by atoms with Gasteiger partial charge in [0.15, 0.2) is 0 Å². The Hall–Kier alpha value is -1.02. The predicted octanol–water partition coefficient (Wildman–Crippen LogP) is 1.95. The molecule has 0 atom stereocenters. The summed E-state index contributed by atoms with van der Waals surface area (Å²) >= 11 is 0. The fourth-order valence-corrected chi connectivity index (χ4v) is 1.98. The molecule has 0 saturated carbocycles. The number of piperidine rings is 1. The van der Waals surface area contributed by atoms with E-state index in [1.54, 1.807) is 0 Å². The van der Waals surface area contributed by atoms with Crippen LogP contribution in [0.5, 0.6) is 0 Å². The van der Waals surface area contributed by atoms with E-state index in [9.17, 15) is 0 Å². The Labute approximate surface area is 85.7 Å². The summed E-state index contributed by atoms with van der Waals surface area (Å²) in [6.07, 6.45) is 4.75. The molecular weight excluding hydrogens is 172 g/mol. The molecule has 14 heavy (non-hydrogen) atoms. The topological polar surface area (TPSA) is 29.3 Å². The minimum absolute atomic E-state index is 0.635. The molecule has 1 aliphatic rings. The molecule has 1 radical (unpaired) electrons. The van der Waals surface area contributed by atoms with Crippen LogP contribution in [-0.4, -0.2) is 13.1 Å². The normalized spacial score (nSPS) is 17.1. The number of nitrogens with zero attached hydrogens (tertiary/aromatic N) is 1. The average Bonchev–Trinajstić information content (AvgIpc) is 2.30. The van der Waals surface area contributed by atoms with Crippen LogP contribution in [0.15, 0.2) is 24.3 Å². The van der Waals surface area contributed by atoms with Gasteiger partial charge in [-0.15, -0.1) is 0 Å². The molecule has 0 amide bonds. The molecule has 2 rings (SSSR count). The molecule has 1 aromatic carbocycles. The first-order valence-corrected chi connectivity index (χ1v) is 5.26. The molecule has 2 heteroatoms. The Morgan fingerprint density at radius 2 is 1.86 bits per heavy atom. The maximum atomic E-state index is 5.72. The summed E-state index contributed by atoms with van der Waals surface area (Å²) in [5.41, 5.74) is 8.30. The first kappa shape index (κ1) is 9.53. The minimum Gasteiger partial charge on any atom is -0.371 e. The van der Waals surface area contributed by atoms with Crippen molar-refractivity contribution in [2.24, 2.45) is 5.73 Å². The Morgan fingerprint density at radius 1 is 1.14 bits per heavy atom. The summed E-state index contributed by atoms with van der Waals surface area (Å²) in [7, 11) is 0. The first-order chi connectivity index (χ1) is 6.92. The third kappa shape index (κ3) is 1.90. The fraction of sp³-hybridized carbons (Fsp3) is 0.417. The van der Waals surface area contributed by atoms with E-state index in [0.29, 0.717) is 6.54 Å². The highest BCUT2D eigenvalue weighted by Gasteiger charge is 2.12. The van der Waals surface area contributed by atoms with Gasteiger partial charge in [0.2, 0.25) is 0 Å². The number of benzene rings is 1. The van der Waals surface area contributed by atoms with Crippen LogP contribution in [0.2, 0.25) is 0 Å². The van der Waals surface area contributed by atoms with Crippen molar-refractivity contribution in [3.63, 3.8) is 0 Å². The summed E-state index contributed by atoms with van der Waals surface area (Å²) in [5.74, 6) is 0. The first-order valence-electron chi connectivity index (χ1n) is 5.26. The SMILES string of the molecule is NCc1ccccc1N1CC[CH]CC1. The predicted molar refractivity (Wildman–Crippen MR) is 60.1 cm³/mol. The second kappa shape index (κ2) is 4.47. The van der Waals surface area contributed by atoms with Crippen LogP contribution in [0.1, 0.15) is 18.4 Å². The van der Waals surface area contributed by atoms with E-state index < -0.39 is 0 Å². The van der Waals surface area contributed by atoms with Gasteiger partial charge in [-0.05, 0) is 30.9 Å². The Balaban J connectivity index is 2.20. The van der Waals surface area contributed by atoms with Crippen LogP contribution >= 0.6 is 0 Å². The van der Waals surface area contributed by atoms with Gasteiger partial charge in [-0.3, -0.25) is 0 Å². The highest BCUT2D eigenvalue weighted by Crippen LogP contribution is 2.23. The second-order valence-electron chi connectivity index (χ2n) is 3.69. The number of hydrogen-bond acceptors (Lipinski definition) is 2. The van der Waals surface area contributed by atoms with Crippen molar-refractivity contribution in [3.8, 4) is 0 Å². The standard InChI is InChI=1S/C12H17N2/c13-10-11-6-2-3-7-12(11)14-8-4-1-5-9-14/h1-3,6-7H,4-5,8-10,13H2. The fourth-order valence-electron chi connectivity index (χ4n) is 1.98. The molecule has 0 bridgehead atoms. The van der Waals surface area contributed by atoms with Crippen molar-refractivity contribution < 1.29 is 0 Å². The smallest absolute Gasteiger partial charge is 0.0411 e. The maximum absolute atomic E-state index is 5.72. The zero-order valence-electron chi connectivity index (χ0n) is 8.45. The van der Waals surface area contributed by atoms with Crippen molar-refractivity contribution in [2.45, 2.75) is 19.4 Å². The van der Waals surface area contributed by atoms with Gasteiger partial charge in [0.25, 0.3) is 0 Å². The van der Waals surface area contributed by atoms with Crippen LogP contribution in [0.3, 0.4) is 0 Å². The summed E-state index contributed by atoms with van der Waals surface area (Å²) < 4.78 is 0. The molecule has 1 saturated heterocycles. The van der Waals surface area contributed by atoms with Crippen LogP contribution in [0.4, 0.5) is 5.69 Å². The molecule has 0 aliphatic carbocycles. The lowest BCUT2D eigenvalue weighted by molar-refractivity contribution is 0.676. The van der Waals surface area contributed by atoms with Gasteiger partial charge in [-0.2, -0.15) is 0 Å². The lowest BCUT2D eigenvalue weighted by Gasteiger charge is -2.30. The van der Waals surface area contributed by atoms with Gasteiger partial charge in [-0.1, -0.05) is 18.2 Å². The van der Waals surface area contributed by atoms with Gasteiger partial charge in [0.1, 0.15) is 0 Å². The monoisotopic (exact) mass is 189 g/mol. The molecule has 1 aromatic rings. The van der Waals surface area contributed by atoms with Crippen molar-refractivity contribution in [3.05, 3.63) is 36.2 Å². The van der Waals surface area contributed by atoms with Crippen LogP contribution < -0.4 is 10.6 Å². The largest absolute Gasteiger partial charge is 0.371 e. The summed E-state index contributed by atoms with van der Waals surface area (Å²) in [6, 6.07) is 8.44. The maximum Gasteiger partial charge on any atom is 0.0411 e. The van der Waals surface area contributed by atoms with E-state index in [1.807, 2.05) is 0 Å². The number of nitrogens with two attached hydrogens (primary N) is 1. The van der Waals surface area contributed by atoms with E-state index >= 15 is 0 Å². The van der Waals surface area contributed by atoms with Crippen molar-refractivity contribution in [1.29, 1.82) is 0 Å². The van der Waals surface area contributed by atoms with Crippen molar-refractivity contribution in [2.75, 3.05) is 18.0 Å². The zero-order chi connectivity index (χ0) is 9.80. The van der Waals surface area contributed by atoms with Gasteiger partial charge in [0.05, 0.1) is 0 Å². The molecule has 2 N–H and O–H groups in total. The highest BCUT2D eigenvalue weighted by molar-refractivity contribution is 5.53. The van der Waals surface area contributed by atoms with Crippen molar-refractivity contribution in [1.82, 2.24) is 0 Å². The van der Waals surface area contributed by atoms with Crippen LogP contribution in [0, 0.1) is 6.42 Å². The van der Waals surface area contributed by atoms with Gasteiger partial charge < -0.3 is 10.6 Å². The Morgan fingerprint density at radius 3 is 2.57 bits per heavy atom. The van der Waals surface area contributed by atoms with Crippen LogP contribution in [-0.2, 0) is 6.54 Å². The molecule has 0 aromatic heterocycles. The third-order valence-corrected chi connectivity index (χ3v) is 2.76. The molecule has 1 fully saturated rings. The lowest BCUT2D eigenvalue weighted by Crippen LogP contribution is -2.30.